The maximum absolute atomic E-state index is 11.8. The lowest BCUT2D eigenvalue weighted by molar-refractivity contribution is -0.117. The van der Waals surface area contributed by atoms with Crippen LogP contribution in [0.25, 0.3) is 0 Å². The fourth-order valence-electron chi connectivity index (χ4n) is 2.38. The molecule has 2 rings (SSSR count). The summed E-state index contributed by atoms with van der Waals surface area (Å²) in [6, 6.07) is 3.77. The maximum atomic E-state index is 11.8. The molecule has 4 heteroatoms. The molecule has 1 aromatic rings. The number of aromatic nitrogens is 1. The zero-order valence-corrected chi connectivity index (χ0v) is 9.93. The number of nitrogens with two attached hydrogens (primary N) is 1. The second-order valence-corrected chi connectivity index (χ2v) is 4.70. The van der Waals surface area contributed by atoms with Gasteiger partial charge < -0.3 is 11.1 Å². The zero-order chi connectivity index (χ0) is 12.1. The zero-order valence-electron chi connectivity index (χ0n) is 9.93. The number of hydrogen-bond acceptors (Lipinski definition) is 3. The van der Waals surface area contributed by atoms with Gasteiger partial charge in [0, 0.05) is 30.5 Å². The monoisotopic (exact) mass is 233 g/mol. The van der Waals surface area contributed by atoms with Gasteiger partial charge in [0.15, 0.2) is 0 Å². The van der Waals surface area contributed by atoms with Crippen molar-refractivity contribution >= 4 is 11.6 Å². The Morgan fingerprint density at radius 3 is 2.76 bits per heavy atom. The molecule has 1 heterocycles. The Bertz CT molecular complexity index is 366. The van der Waals surface area contributed by atoms with Crippen molar-refractivity contribution in [3.8, 4) is 0 Å². The highest BCUT2D eigenvalue weighted by atomic mass is 16.1. The van der Waals surface area contributed by atoms with Gasteiger partial charge in [-0.05, 0) is 30.9 Å². The standard InChI is InChI=1S/C13H19N3O/c14-12-4-2-1-3-10(12)9-13(17)16-11-5-7-15-8-6-11/h5-8,10,12H,1-4,9,14H2,(H,15,16,17). The van der Waals surface area contributed by atoms with Crippen molar-refractivity contribution in [2.75, 3.05) is 5.32 Å². The Labute approximate surface area is 102 Å². The van der Waals surface area contributed by atoms with E-state index in [0.29, 0.717) is 12.3 Å². The van der Waals surface area contributed by atoms with Gasteiger partial charge in [-0.2, -0.15) is 0 Å². The Morgan fingerprint density at radius 2 is 2.06 bits per heavy atom. The summed E-state index contributed by atoms with van der Waals surface area (Å²) in [7, 11) is 0. The van der Waals surface area contributed by atoms with Crippen LogP contribution < -0.4 is 11.1 Å². The Hall–Kier alpha value is -1.42. The number of carbonyl (C=O) groups excluding carboxylic acids is 1. The predicted molar refractivity (Wildman–Crippen MR) is 67.4 cm³/mol. The summed E-state index contributed by atoms with van der Waals surface area (Å²) in [6.07, 6.45) is 8.39. The van der Waals surface area contributed by atoms with Crippen LogP contribution in [0.3, 0.4) is 0 Å². The Kier molecular flexibility index (Phi) is 4.09. The van der Waals surface area contributed by atoms with Crippen LogP contribution >= 0.6 is 0 Å². The molecule has 0 saturated heterocycles. The van der Waals surface area contributed by atoms with E-state index >= 15 is 0 Å². The highest BCUT2D eigenvalue weighted by Crippen LogP contribution is 2.25. The van der Waals surface area contributed by atoms with Gasteiger partial charge in [-0.25, -0.2) is 0 Å². The normalized spacial score (nSPS) is 24.3. The largest absolute Gasteiger partial charge is 0.327 e. The van der Waals surface area contributed by atoms with Crippen molar-refractivity contribution < 1.29 is 4.79 Å². The third-order valence-electron chi connectivity index (χ3n) is 3.38. The minimum Gasteiger partial charge on any atom is -0.327 e. The third-order valence-corrected chi connectivity index (χ3v) is 3.38. The molecule has 0 aromatic carbocycles. The SMILES string of the molecule is NC1CCCCC1CC(=O)Nc1ccncc1. The van der Waals surface area contributed by atoms with E-state index < -0.39 is 0 Å². The fourth-order valence-corrected chi connectivity index (χ4v) is 2.38. The van der Waals surface area contributed by atoms with Crippen LogP contribution in [0.15, 0.2) is 24.5 Å². The first-order valence-corrected chi connectivity index (χ1v) is 6.21. The van der Waals surface area contributed by atoms with Crippen LogP contribution in [0.4, 0.5) is 5.69 Å². The molecule has 0 aliphatic heterocycles. The van der Waals surface area contributed by atoms with Gasteiger partial charge in [-0.3, -0.25) is 9.78 Å². The van der Waals surface area contributed by atoms with E-state index in [2.05, 4.69) is 10.3 Å². The molecule has 0 spiro atoms. The molecule has 4 nitrogen and oxygen atoms in total. The summed E-state index contributed by atoms with van der Waals surface area (Å²) < 4.78 is 0. The molecule has 2 unspecified atom stereocenters. The predicted octanol–water partition coefficient (Wildman–Crippen LogP) is 1.93. The lowest BCUT2D eigenvalue weighted by Gasteiger charge is -2.27. The van der Waals surface area contributed by atoms with E-state index in [1.165, 1.54) is 12.8 Å². The molecule has 1 aliphatic carbocycles. The van der Waals surface area contributed by atoms with E-state index in [-0.39, 0.29) is 11.9 Å². The van der Waals surface area contributed by atoms with Crippen molar-refractivity contribution in [2.24, 2.45) is 11.7 Å². The summed E-state index contributed by atoms with van der Waals surface area (Å²) in [5.41, 5.74) is 6.83. The summed E-state index contributed by atoms with van der Waals surface area (Å²) in [5.74, 6) is 0.393. The highest BCUT2D eigenvalue weighted by molar-refractivity contribution is 5.90. The van der Waals surface area contributed by atoms with Gasteiger partial charge in [0.05, 0.1) is 0 Å². The average Bonchev–Trinajstić information content (AvgIpc) is 2.33. The number of hydrogen-bond donors (Lipinski definition) is 2. The summed E-state index contributed by atoms with van der Waals surface area (Å²) >= 11 is 0. The fraction of sp³-hybridized carbons (Fsp3) is 0.538. The van der Waals surface area contributed by atoms with E-state index in [1.54, 1.807) is 24.5 Å². The smallest absolute Gasteiger partial charge is 0.224 e. The van der Waals surface area contributed by atoms with Crippen LogP contribution in [0.5, 0.6) is 0 Å². The van der Waals surface area contributed by atoms with Gasteiger partial charge in [0.25, 0.3) is 0 Å². The topological polar surface area (TPSA) is 68.0 Å². The van der Waals surface area contributed by atoms with Crippen LogP contribution in [-0.4, -0.2) is 16.9 Å². The van der Waals surface area contributed by atoms with Crippen molar-refractivity contribution in [3.05, 3.63) is 24.5 Å². The quantitative estimate of drug-likeness (QED) is 0.838. The first-order chi connectivity index (χ1) is 8.25. The lowest BCUT2D eigenvalue weighted by Crippen LogP contribution is -2.35. The molecule has 1 aromatic heterocycles. The van der Waals surface area contributed by atoms with E-state index in [4.69, 9.17) is 5.73 Å². The number of pyridine rings is 1. The molecule has 92 valence electrons. The lowest BCUT2D eigenvalue weighted by atomic mass is 9.83. The Balaban J connectivity index is 1.84. The second kappa shape index (κ2) is 5.77. The molecule has 17 heavy (non-hydrogen) atoms. The van der Waals surface area contributed by atoms with Crippen molar-refractivity contribution in [1.29, 1.82) is 0 Å². The van der Waals surface area contributed by atoms with E-state index in [0.717, 1.165) is 18.5 Å². The first kappa shape index (κ1) is 12.0. The van der Waals surface area contributed by atoms with Gasteiger partial charge in [0.1, 0.15) is 0 Å². The molecule has 2 atom stereocenters. The van der Waals surface area contributed by atoms with E-state index in [1.807, 2.05) is 0 Å². The summed E-state index contributed by atoms with van der Waals surface area (Å²) in [4.78, 5) is 15.7. The number of carbonyl (C=O) groups is 1. The minimum atomic E-state index is 0.0542. The van der Waals surface area contributed by atoms with Gasteiger partial charge >= 0.3 is 0 Å². The van der Waals surface area contributed by atoms with Crippen LogP contribution in [0.2, 0.25) is 0 Å². The van der Waals surface area contributed by atoms with Gasteiger partial charge in [0.2, 0.25) is 5.91 Å². The van der Waals surface area contributed by atoms with Gasteiger partial charge in [-0.15, -0.1) is 0 Å². The van der Waals surface area contributed by atoms with Crippen molar-refractivity contribution in [3.63, 3.8) is 0 Å². The highest BCUT2D eigenvalue weighted by Gasteiger charge is 2.23. The molecule has 1 aliphatic rings. The number of nitrogens with one attached hydrogen (secondary N) is 1. The molecule has 1 fully saturated rings. The summed E-state index contributed by atoms with van der Waals surface area (Å²) in [5, 5.41) is 2.88. The van der Waals surface area contributed by atoms with Crippen LogP contribution in [0.1, 0.15) is 32.1 Å². The Morgan fingerprint density at radius 1 is 1.35 bits per heavy atom. The number of nitrogens with zero attached hydrogens (tertiary/aromatic N) is 1. The molecule has 3 N–H and O–H groups in total. The maximum Gasteiger partial charge on any atom is 0.224 e. The number of rotatable bonds is 3. The number of anilines is 1. The molecular formula is C13H19N3O. The van der Waals surface area contributed by atoms with E-state index in [9.17, 15) is 4.79 Å². The van der Waals surface area contributed by atoms with Crippen LogP contribution in [-0.2, 0) is 4.79 Å². The molecule has 0 radical (unpaired) electrons. The van der Waals surface area contributed by atoms with Crippen molar-refractivity contribution in [1.82, 2.24) is 4.98 Å². The van der Waals surface area contributed by atoms with Crippen molar-refractivity contribution in [2.45, 2.75) is 38.1 Å². The molecular weight excluding hydrogens is 214 g/mol. The third kappa shape index (κ3) is 3.53. The first-order valence-electron chi connectivity index (χ1n) is 6.21. The minimum absolute atomic E-state index is 0.0542. The summed E-state index contributed by atoms with van der Waals surface area (Å²) in [6.45, 7) is 0. The van der Waals surface area contributed by atoms with Gasteiger partial charge in [-0.1, -0.05) is 12.8 Å². The second-order valence-electron chi connectivity index (χ2n) is 4.70. The molecule has 1 amide bonds. The number of amides is 1. The molecule has 1 saturated carbocycles. The van der Waals surface area contributed by atoms with Crippen LogP contribution in [0, 0.1) is 5.92 Å². The average molecular weight is 233 g/mol. The molecule has 0 bridgehead atoms.